The van der Waals surface area contributed by atoms with Crippen LogP contribution in [0.1, 0.15) is 11.3 Å². The van der Waals surface area contributed by atoms with Gasteiger partial charge in [0.25, 0.3) is 5.56 Å². The Bertz CT molecular complexity index is 718. The van der Waals surface area contributed by atoms with Gasteiger partial charge in [-0.1, -0.05) is 23.5 Å². The molecule has 0 radical (unpaired) electrons. The second-order valence-electron chi connectivity index (χ2n) is 3.97. The van der Waals surface area contributed by atoms with Crippen molar-refractivity contribution < 1.29 is 0 Å². The fraction of sp³-hybridized carbons (Fsp3) is 0.167. The van der Waals surface area contributed by atoms with Crippen LogP contribution in [-0.4, -0.2) is 14.8 Å². The van der Waals surface area contributed by atoms with Crippen LogP contribution >= 0.6 is 11.3 Å². The number of hydrogen-bond acceptors (Lipinski definition) is 3. The van der Waals surface area contributed by atoms with E-state index in [4.69, 9.17) is 0 Å². The van der Waals surface area contributed by atoms with E-state index in [2.05, 4.69) is 10.1 Å². The molecule has 0 saturated heterocycles. The van der Waals surface area contributed by atoms with Crippen LogP contribution in [0.4, 0.5) is 0 Å². The minimum atomic E-state index is -0.0263. The predicted molar refractivity (Wildman–Crippen MR) is 69.0 cm³/mol. The third-order valence-corrected chi connectivity index (χ3v) is 3.86. The molecule has 0 aliphatic heterocycles. The van der Waals surface area contributed by atoms with Gasteiger partial charge < -0.3 is 0 Å². The van der Waals surface area contributed by atoms with E-state index in [1.807, 2.05) is 38.1 Å². The maximum atomic E-state index is 12.0. The van der Waals surface area contributed by atoms with Crippen LogP contribution in [0.25, 0.3) is 15.3 Å². The van der Waals surface area contributed by atoms with Gasteiger partial charge in [-0.15, -0.1) is 0 Å². The lowest BCUT2D eigenvalue weighted by Crippen LogP contribution is -2.15. The summed E-state index contributed by atoms with van der Waals surface area (Å²) in [6, 6.07) is 7.87. The molecule has 2 aromatic heterocycles. The second-order valence-corrected chi connectivity index (χ2v) is 4.98. The molecule has 86 valence electrons. The summed E-state index contributed by atoms with van der Waals surface area (Å²) in [5.41, 5.74) is 2.52. The van der Waals surface area contributed by atoms with Crippen molar-refractivity contribution in [1.29, 1.82) is 0 Å². The number of fused-ring (bicyclic) bond motifs is 1. The number of benzene rings is 1. The fourth-order valence-electron chi connectivity index (χ4n) is 1.72. The van der Waals surface area contributed by atoms with Gasteiger partial charge in [0.2, 0.25) is 5.13 Å². The highest BCUT2D eigenvalue weighted by Crippen LogP contribution is 2.23. The summed E-state index contributed by atoms with van der Waals surface area (Å²) < 4.78 is 2.59. The third-order valence-electron chi connectivity index (χ3n) is 2.84. The topological polar surface area (TPSA) is 50.7 Å². The van der Waals surface area contributed by atoms with Crippen molar-refractivity contribution in [3.05, 3.63) is 45.9 Å². The average Bonchev–Trinajstić information content (AvgIpc) is 2.86. The van der Waals surface area contributed by atoms with Gasteiger partial charge in [-0.05, 0) is 26.0 Å². The van der Waals surface area contributed by atoms with Crippen molar-refractivity contribution in [3.8, 4) is 5.13 Å². The Morgan fingerprint density at radius 3 is 2.71 bits per heavy atom. The van der Waals surface area contributed by atoms with Crippen LogP contribution in [0.3, 0.4) is 0 Å². The van der Waals surface area contributed by atoms with Crippen molar-refractivity contribution in [2.75, 3.05) is 0 Å². The molecule has 0 unspecified atom stereocenters. The lowest BCUT2D eigenvalue weighted by Gasteiger charge is -1.92. The zero-order valence-electron chi connectivity index (χ0n) is 9.52. The predicted octanol–water partition coefficient (Wildman–Crippen LogP) is 2.39. The maximum absolute atomic E-state index is 12.0. The van der Waals surface area contributed by atoms with Crippen LogP contribution in [0.2, 0.25) is 0 Å². The molecular weight excluding hydrogens is 234 g/mol. The molecular formula is C12H11N3OS. The molecule has 0 spiro atoms. The Morgan fingerprint density at radius 2 is 2.06 bits per heavy atom. The number of aromatic nitrogens is 3. The number of nitrogens with one attached hydrogen (secondary N) is 1. The lowest BCUT2D eigenvalue weighted by molar-refractivity contribution is 0.829. The quantitative estimate of drug-likeness (QED) is 0.715. The van der Waals surface area contributed by atoms with Crippen LogP contribution in [0, 0.1) is 13.8 Å². The Labute approximate surface area is 102 Å². The molecule has 4 nitrogen and oxygen atoms in total. The lowest BCUT2D eigenvalue weighted by atomic mass is 10.3. The van der Waals surface area contributed by atoms with Crippen molar-refractivity contribution in [1.82, 2.24) is 14.8 Å². The molecule has 0 aliphatic rings. The minimum absolute atomic E-state index is 0.0263. The molecule has 0 atom stereocenters. The first-order valence-corrected chi connectivity index (χ1v) is 6.12. The first kappa shape index (κ1) is 10.3. The molecule has 3 rings (SSSR count). The van der Waals surface area contributed by atoms with Gasteiger partial charge >= 0.3 is 0 Å². The number of rotatable bonds is 1. The summed E-state index contributed by atoms with van der Waals surface area (Å²) in [5, 5.41) is 3.73. The first-order chi connectivity index (χ1) is 8.16. The van der Waals surface area contributed by atoms with E-state index >= 15 is 0 Å². The monoisotopic (exact) mass is 245 g/mol. The Balaban J connectivity index is 2.27. The van der Waals surface area contributed by atoms with Gasteiger partial charge in [0, 0.05) is 11.3 Å². The van der Waals surface area contributed by atoms with Gasteiger partial charge in [-0.2, -0.15) is 4.68 Å². The summed E-state index contributed by atoms with van der Waals surface area (Å²) in [6.45, 7) is 3.71. The normalized spacial score (nSPS) is 11.2. The SMILES string of the molecule is Cc1[nH]n(-c2nc3ccccc3s2)c(=O)c1C. The van der Waals surface area contributed by atoms with Crippen LogP contribution < -0.4 is 5.56 Å². The second kappa shape index (κ2) is 3.56. The van der Waals surface area contributed by atoms with Crippen LogP contribution in [0.5, 0.6) is 0 Å². The number of aryl methyl sites for hydroxylation is 1. The Kier molecular flexibility index (Phi) is 2.16. The van der Waals surface area contributed by atoms with E-state index in [0.29, 0.717) is 5.13 Å². The van der Waals surface area contributed by atoms with Gasteiger partial charge in [0.15, 0.2) is 0 Å². The van der Waals surface area contributed by atoms with Crippen molar-refractivity contribution in [2.45, 2.75) is 13.8 Å². The average molecular weight is 245 g/mol. The standard InChI is InChI=1S/C12H11N3OS/c1-7-8(2)14-15(11(7)16)12-13-9-5-3-4-6-10(9)17-12/h3-6,14H,1-2H3. The molecule has 0 amide bonds. The molecule has 0 fully saturated rings. The molecule has 0 aliphatic carbocycles. The van der Waals surface area contributed by atoms with Crippen LogP contribution in [0.15, 0.2) is 29.1 Å². The van der Waals surface area contributed by atoms with Crippen molar-refractivity contribution in [2.24, 2.45) is 0 Å². The third kappa shape index (κ3) is 1.51. The molecule has 1 N–H and O–H groups in total. The van der Waals surface area contributed by atoms with Crippen LogP contribution in [-0.2, 0) is 0 Å². The molecule has 0 bridgehead atoms. The summed E-state index contributed by atoms with van der Waals surface area (Å²) in [4.78, 5) is 16.4. The minimum Gasteiger partial charge on any atom is -0.293 e. The highest BCUT2D eigenvalue weighted by molar-refractivity contribution is 7.20. The van der Waals surface area contributed by atoms with Gasteiger partial charge in [0.1, 0.15) is 0 Å². The highest BCUT2D eigenvalue weighted by atomic mass is 32.1. The van der Waals surface area contributed by atoms with Crippen molar-refractivity contribution >= 4 is 21.6 Å². The number of thiazole rings is 1. The van der Waals surface area contributed by atoms with E-state index in [1.165, 1.54) is 16.0 Å². The van der Waals surface area contributed by atoms with Crippen molar-refractivity contribution in [3.63, 3.8) is 0 Å². The van der Waals surface area contributed by atoms with E-state index in [1.54, 1.807) is 0 Å². The largest absolute Gasteiger partial charge is 0.293 e. The zero-order valence-corrected chi connectivity index (χ0v) is 10.3. The summed E-state index contributed by atoms with van der Waals surface area (Å²) in [6.07, 6.45) is 0. The van der Waals surface area contributed by atoms with E-state index in [9.17, 15) is 4.79 Å². The maximum Gasteiger partial charge on any atom is 0.276 e. The van der Waals surface area contributed by atoms with E-state index in [-0.39, 0.29) is 5.56 Å². The highest BCUT2D eigenvalue weighted by Gasteiger charge is 2.11. The molecule has 5 heteroatoms. The smallest absolute Gasteiger partial charge is 0.276 e. The molecule has 1 aromatic carbocycles. The van der Waals surface area contributed by atoms with Gasteiger partial charge in [-0.3, -0.25) is 9.89 Å². The molecule has 3 aromatic rings. The van der Waals surface area contributed by atoms with Gasteiger partial charge in [0.05, 0.1) is 10.2 Å². The molecule has 17 heavy (non-hydrogen) atoms. The Hall–Kier alpha value is -1.88. The summed E-state index contributed by atoms with van der Waals surface area (Å²) in [7, 11) is 0. The summed E-state index contributed by atoms with van der Waals surface area (Å²) >= 11 is 1.51. The van der Waals surface area contributed by atoms with E-state index in [0.717, 1.165) is 21.5 Å². The number of H-pyrrole nitrogens is 1. The molecule has 2 heterocycles. The Morgan fingerprint density at radius 1 is 1.29 bits per heavy atom. The number of nitrogens with zero attached hydrogens (tertiary/aromatic N) is 2. The van der Waals surface area contributed by atoms with E-state index < -0.39 is 0 Å². The summed E-state index contributed by atoms with van der Waals surface area (Å²) in [5.74, 6) is 0. The molecule has 0 saturated carbocycles. The first-order valence-electron chi connectivity index (χ1n) is 5.31. The fourth-order valence-corrected chi connectivity index (χ4v) is 2.65. The number of hydrogen-bond donors (Lipinski definition) is 1. The van der Waals surface area contributed by atoms with Gasteiger partial charge in [-0.25, -0.2) is 4.98 Å². The number of aromatic amines is 1. The zero-order chi connectivity index (χ0) is 12.0. The number of para-hydroxylation sites is 1.